The molecular weight excluding hydrogens is 390 g/mol. The Labute approximate surface area is 180 Å². The standard InChI is InChI=1S/C25H25N3O3/c29-23(20-13-16-5-1-3-7-19(16)25(20)9-11-26-12-10-25)28-22(24(30)31)14-17-15-27-21-8-4-2-6-18(17)21/h1-8,13,15,22,26-27H,9-12,14H2,(H,28,29)(H,30,31)/t22-/m0/s1. The predicted octanol–water partition coefficient (Wildman–Crippen LogP) is 3.00. The van der Waals surface area contributed by atoms with Gasteiger partial charge in [-0.2, -0.15) is 0 Å². The number of H-pyrrole nitrogens is 1. The third-order valence-corrected chi connectivity index (χ3v) is 6.70. The van der Waals surface area contributed by atoms with Crippen molar-refractivity contribution in [3.63, 3.8) is 0 Å². The summed E-state index contributed by atoms with van der Waals surface area (Å²) in [5.41, 5.74) is 4.39. The zero-order chi connectivity index (χ0) is 21.4. The SMILES string of the molecule is O=C(N[C@@H](Cc1c[nH]c2ccccc12)C(=O)O)C1=Cc2ccccc2C12CCNCC2. The quantitative estimate of drug-likeness (QED) is 0.515. The third kappa shape index (κ3) is 3.33. The van der Waals surface area contributed by atoms with E-state index in [1.165, 1.54) is 5.56 Å². The first-order valence-corrected chi connectivity index (χ1v) is 10.7. The van der Waals surface area contributed by atoms with Crippen LogP contribution in [0.1, 0.15) is 29.5 Å². The Bertz CT molecular complexity index is 1190. The molecule has 2 heterocycles. The number of aromatic nitrogens is 1. The van der Waals surface area contributed by atoms with E-state index in [-0.39, 0.29) is 17.7 Å². The molecule has 1 spiro atoms. The molecule has 2 aromatic carbocycles. The summed E-state index contributed by atoms with van der Waals surface area (Å²) in [5.74, 6) is -1.32. The lowest BCUT2D eigenvalue weighted by atomic mass is 9.70. The summed E-state index contributed by atoms with van der Waals surface area (Å²) in [5, 5.41) is 17.0. The summed E-state index contributed by atoms with van der Waals surface area (Å²) in [7, 11) is 0. The summed E-state index contributed by atoms with van der Waals surface area (Å²) in [6.45, 7) is 1.66. The Balaban J connectivity index is 1.43. The van der Waals surface area contributed by atoms with Gasteiger partial charge in [0.25, 0.3) is 0 Å². The Kier molecular flexibility index (Phi) is 4.87. The van der Waals surface area contributed by atoms with Crippen molar-refractivity contribution >= 4 is 28.9 Å². The Morgan fingerprint density at radius 2 is 1.81 bits per heavy atom. The van der Waals surface area contributed by atoms with Crippen LogP contribution in [0.15, 0.2) is 60.3 Å². The van der Waals surface area contributed by atoms with Gasteiger partial charge in [0.1, 0.15) is 6.04 Å². The summed E-state index contributed by atoms with van der Waals surface area (Å²) in [4.78, 5) is 28.6. The Morgan fingerprint density at radius 1 is 1.06 bits per heavy atom. The fraction of sp³-hybridized carbons (Fsp3) is 0.280. The molecule has 1 fully saturated rings. The molecule has 6 nitrogen and oxygen atoms in total. The zero-order valence-electron chi connectivity index (χ0n) is 17.2. The van der Waals surface area contributed by atoms with E-state index >= 15 is 0 Å². The molecule has 5 rings (SSSR count). The van der Waals surface area contributed by atoms with E-state index in [2.05, 4.69) is 21.7 Å². The zero-order valence-corrected chi connectivity index (χ0v) is 17.2. The smallest absolute Gasteiger partial charge is 0.326 e. The number of carbonyl (C=O) groups excluding carboxylic acids is 1. The van der Waals surface area contributed by atoms with Crippen molar-refractivity contribution in [3.8, 4) is 0 Å². The number of hydrogen-bond acceptors (Lipinski definition) is 3. The summed E-state index contributed by atoms with van der Waals surface area (Å²) in [6.07, 6.45) is 5.64. The van der Waals surface area contributed by atoms with E-state index in [4.69, 9.17) is 0 Å². The second kappa shape index (κ2) is 7.71. The molecule has 0 saturated carbocycles. The van der Waals surface area contributed by atoms with Crippen LogP contribution in [0.25, 0.3) is 17.0 Å². The molecule has 3 aromatic rings. The third-order valence-electron chi connectivity index (χ3n) is 6.70. The van der Waals surface area contributed by atoms with Crippen LogP contribution in [0.3, 0.4) is 0 Å². The van der Waals surface area contributed by atoms with Crippen molar-refractivity contribution in [2.45, 2.75) is 30.7 Å². The van der Waals surface area contributed by atoms with Crippen molar-refractivity contribution in [2.75, 3.05) is 13.1 Å². The molecule has 1 saturated heterocycles. The lowest BCUT2D eigenvalue weighted by molar-refractivity contribution is -0.141. The molecule has 1 amide bonds. The van der Waals surface area contributed by atoms with E-state index in [0.717, 1.165) is 48.0 Å². The number of carbonyl (C=O) groups is 2. The maximum Gasteiger partial charge on any atom is 0.326 e. The fourth-order valence-electron chi connectivity index (χ4n) is 5.13. The molecular formula is C25H25N3O3. The number of piperidine rings is 1. The van der Waals surface area contributed by atoms with Gasteiger partial charge in [0.15, 0.2) is 0 Å². The van der Waals surface area contributed by atoms with Crippen molar-refractivity contribution in [1.29, 1.82) is 0 Å². The van der Waals surface area contributed by atoms with Crippen molar-refractivity contribution in [1.82, 2.24) is 15.6 Å². The predicted molar refractivity (Wildman–Crippen MR) is 120 cm³/mol. The molecule has 158 valence electrons. The molecule has 1 aliphatic heterocycles. The average Bonchev–Trinajstić information content (AvgIpc) is 3.33. The highest BCUT2D eigenvalue weighted by Gasteiger charge is 2.45. The maximum atomic E-state index is 13.4. The number of hydrogen-bond donors (Lipinski definition) is 4. The minimum atomic E-state index is -1.03. The van der Waals surface area contributed by atoms with E-state index in [1.54, 1.807) is 0 Å². The van der Waals surface area contributed by atoms with Crippen LogP contribution in [0, 0.1) is 0 Å². The molecule has 0 radical (unpaired) electrons. The van der Waals surface area contributed by atoms with E-state index in [1.807, 2.05) is 54.7 Å². The normalized spacial score (nSPS) is 17.9. The van der Waals surface area contributed by atoms with Crippen molar-refractivity contribution in [2.24, 2.45) is 0 Å². The first-order valence-electron chi connectivity index (χ1n) is 10.7. The molecule has 31 heavy (non-hydrogen) atoms. The van der Waals surface area contributed by atoms with E-state index < -0.39 is 12.0 Å². The molecule has 4 N–H and O–H groups in total. The lowest BCUT2D eigenvalue weighted by Crippen LogP contribution is -2.48. The van der Waals surface area contributed by atoms with Crippen LogP contribution in [0.5, 0.6) is 0 Å². The fourth-order valence-corrected chi connectivity index (χ4v) is 5.13. The van der Waals surface area contributed by atoms with Crippen LogP contribution in [-0.2, 0) is 21.4 Å². The number of aliphatic carboxylic acids is 1. The first kappa shape index (κ1) is 19.6. The highest BCUT2D eigenvalue weighted by molar-refractivity contribution is 6.04. The molecule has 1 atom stereocenters. The van der Waals surface area contributed by atoms with Gasteiger partial charge in [0.05, 0.1) is 0 Å². The summed E-state index contributed by atoms with van der Waals surface area (Å²) < 4.78 is 0. The minimum absolute atomic E-state index is 0.222. The number of carboxylic acid groups (broad SMARTS) is 1. The highest BCUT2D eigenvalue weighted by Crippen LogP contribution is 2.47. The highest BCUT2D eigenvalue weighted by atomic mass is 16.4. The number of fused-ring (bicyclic) bond motifs is 3. The van der Waals surface area contributed by atoms with Gasteiger partial charge < -0.3 is 20.7 Å². The molecule has 0 bridgehead atoms. The van der Waals surface area contributed by atoms with Crippen LogP contribution >= 0.6 is 0 Å². The van der Waals surface area contributed by atoms with Gasteiger partial charge >= 0.3 is 5.97 Å². The minimum Gasteiger partial charge on any atom is -0.480 e. The number of benzene rings is 2. The molecule has 0 unspecified atom stereocenters. The number of aromatic amines is 1. The molecule has 1 aromatic heterocycles. The van der Waals surface area contributed by atoms with Crippen LogP contribution < -0.4 is 10.6 Å². The lowest BCUT2D eigenvalue weighted by Gasteiger charge is -2.37. The van der Waals surface area contributed by atoms with Crippen molar-refractivity contribution < 1.29 is 14.7 Å². The van der Waals surface area contributed by atoms with E-state index in [9.17, 15) is 14.7 Å². The summed E-state index contributed by atoms with van der Waals surface area (Å²) in [6, 6.07) is 14.9. The van der Waals surface area contributed by atoms with E-state index in [0.29, 0.717) is 5.57 Å². The summed E-state index contributed by atoms with van der Waals surface area (Å²) >= 11 is 0. The monoisotopic (exact) mass is 415 g/mol. The van der Waals surface area contributed by atoms with Gasteiger partial charge in [-0.15, -0.1) is 0 Å². The van der Waals surface area contributed by atoms with Crippen molar-refractivity contribution in [3.05, 3.63) is 77.0 Å². The molecule has 1 aliphatic carbocycles. The second-order valence-corrected chi connectivity index (χ2v) is 8.41. The number of rotatable bonds is 5. The van der Waals surface area contributed by atoms with Crippen LogP contribution in [0.2, 0.25) is 0 Å². The van der Waals surface area contributed by atoms with Crippen LogP contribution in [0.4, 0.5) is 0 Å². The number of amides is 1. The first-order chi connectivity index (χ1) is 15.1. The van der Waals surface area contributed by atoms with Crippen LogP contribution in [-0.4, -0.2) is 41.1 Å². The largest absolute Gasteiger partial charge is 0.480 e. The Morgan fingerprint density at radius 3 is 2.61 bits per heavy atom. The van der Waals surface area contributed by atoms with Gasteiger partial charge in [-0.1, -0.05) is 42.5 Å². The topological polar surface area (TPSA) is 94.2 Å². The van der Waals surface area contributed by atoms with Gasteiger partial charge in [-0.3, -0.25) is 4.79 Å². The second-order valence-electron chi connectivity index (χ2n) is 8.41. The average molecular weight is 415 g/mol. The number of carboxylic acids is 1. The maximum absolute atomic E-state index is 13.4. The Hall–Kier alpha value is -3.38. The molecule has 2 aliphatic rings. The number of para-hydroxylation sites is 1. The number of nitrogens with one attached hydrogen (secondary N) is 3. The van der Waals surface area contributed by atoms with Gasteiger partial charge in [0.2, 0.25) is 5.91 Å². The van der Waals surface area contributed by atoms with Gasteiger partial charge in [-0.25, -0.2) is 4.79 Å². The van der Waals surface area contributed by atoms with Gasteiger partial charge in [-0.05, 0) is 54.8 Å². The molecule has 6 heteroatoms. The van der Waals surface area contributed by atoms with Gasteiger partial charge in [0, 0.05) is 34.5 Å².